The van der Waals surface area contributed by atoms with Gasteiger partial charge in [-0.2, -0.15) is 0 Å². The molecule has 0 N–H and O–H groups in total. The van der Waals surface area contributed by atoms with Gasteiger partial charge in [0.05, 0.1) is 11.7 Å². The van der Waals surface area contributed by atoms with Crippen molar-refractivity contribution < 1.29 is 9.47 Å². The van der Waals surface area contributed by atoms with E-state index < -0.39 is 0 Å². The van der Waals surface area contributed by atoms with Crippen molar-refractivity contribution in [1.82, 2.24) is 0 Å². The first kappa shape index (κ1) is 13.4. The molecular weight excluding hydrogens is 224 g/mol. The first-order valence-corrected chi connectivity index (χ1v) is 6.87. The highest BCUT2D eigenvalue weighted by atomic mass is 16.6. The Kier molecular flexibility index (Phi) is 3.96. The summed E-state index contributed by atoms with van der Waals surface area (Å²) in [5.74, 6) is 1.51. The number of hydrogen-bond acceptors (Lipinski definition) is 2. The van der Waals surface area contributed by atoms with Crippen LogP contribution in [0.4, 0.5) is 0 Å². The minimum atomic E-state index is 0.0233. The van der Waals surface area contributed by atoms with Crippen molar-refractivity contribution in [2.24, 2.45) is 0 Å². The second kappa shape index (κ2) is 5.31. The van der Waals surface area contributed by atoms with Crippen molar-refractivity contribution >= 4 is 0 Å². The molecule has 1 atom stereocenters. The van der Waals surface area contributed by atoms with Gasteiger partial charge >= 0.3 is 0 Å². The van der Waals surface area contributed by atoms with Gasteiger partial charge in [0.2, 0.25) is 0 Å². The third kappa shape index (κ3) is 3.49. The summed E-state index contributed by atoms with van der Waals surface area (Å²) in [5.41, 5.74) is 1.37. The molecular formula is C16H24O2. The fraction of sp³-hybridized carbons (Fsp3) is 0.625. The van der Waals surface area contributed by atoms with Crippen LogP contribution in [0, 0.1) is 0 Å². The molecule has 0 aromatic heterocycles. The SMILES string of the molecule is CC(C)c1ccc(OCC2CCC(C)(C)O2)cc1. The van der Waals surface area contributed by atoms with Gasteiger partial charge in [0.25, 0.3) is 0 Å². The molecule has 2 heteroatoms. The van der Waals surface area contributed by atoms with Crippen LogP contribution in [-0.2, 0) is 4.74 Å². The van der Waals surface area contributed by atoms with E-state index in [4.69, 9.17) is 9.47 Å². The Morgan fingerprint density at radius 2 is 1.94 bits per heavy atom. The van der Waals surface area contributed by atoms with Crippen molar-refractivity contribution in [3.63, 3.8) is 0 Å². The molecule has 1 unspecified atom stereocenters. The summed E-state index contributed by atoms with van der Waals surface area (Å²) in [6.45, 7) is 9.34. The quantitative estimate of drug-likeness (QED) is 0.797. The van der Waals surface area contributed by atoms with E-state index in [2.05, 4.69) is 52.0 Å². The average Bonchev–Trinajstić information content (AvgIpc) is 2.67. The topological polar surface area (TPSA) is 18.5 Å². The molecule has 18 heavy (non-hydrogen) atoms. The van der Waals surface area contributed by atoms with Crippen molar-refractivity contribution in [1.29, 1.82) is 0 Å². The van der Waals surface area contributed by atoms with Crippen LogP contribution in [0.25, 0.3) is 0 Å². The molecule has 100 valence electrons. The molecule has 1 heterocycles. The van der Waals surface area contributed by atoms with Crippen molar-refractivity contribution in [3.8, 4) is 5.75 Å². The Balaban J connectivity index is 1.84. The van der Waals surface area contributed by atoms with Gasteiger partial charge in [-0.05, 0) is 50.3 Å². The summed E-state index contributed by atoms with van der Waals surface area (Å²) < 4.78 is 11.7. The van der Waals surface area contributed by atoms with E-state index in [-0.39, 0.29) is 11.7 Å². The Morgan fingerprint density at radius 1 is 1.28 bits per heavy atom. The zero-order chi connectivity index (χ0) is 13.2. The van der Waals surface area contributed by atoms with Crippen LogP contribution in [0.15, 0.2) is 24.3 Å². The van der Waals surface area contributed by atoms with Crippen LogP contribution >= 0.6 is 0 Å². The second-order valence-electron chi connectivity index (χ2n) is 6.07. The van der Waals surface area contributed by atoms with Crippen LogP contribution in [0.3, 0.4) is 0 Å². The van der Waals surface area contributed by atoms with Gasteiger partial charge in [0.15, 0.2) is 0 Å². The van der Waals surface area contributed by atoms with Crippen molar-refractivity contribution in [3.05, 3.63) is 29.8 Å². The summed E-state index contributed by atoms with van der Waals surface area (Å²) in [7, 11) is 0. The maximum atomic E-state index is 5.91. The average molecular weight is 248 g/mol. The molecule has 1 aromatic rings. The smallest absolute Gasteiger partial charge is 0.119 e. The fourth-order valence-electron chi connectivity index (χ4n) is 2.33. The molecule has 0 saturated carbocycles. The molecule has 1 aliphatic rings. The Bertz CT molecular complexity index is 379. The van der Waals surface area contributed by atoms with Gasteiger partial charge in [-0.25, -0.2) is 0 Å². The van der Waals surface area contributed by atoms with Crippen molar-refractivity contribution in [2.45, 2.75) is 58.2 Å². The lowest BCUT2D eigenvalue weighted by molar-refractivity contribution is -0.0326. The van der Waals surface area contributed by atoms with E-state index in [1.165, 1.54) is 5.56 Å². The van der Waals surface area contributed by atoms with Crippen LogP contribution in [-0.4, -0.2) is 18.3 Å². The van der Waals surface area contributed by atoms with Gasteiger partial charge in [-0.1, -0.05) is 26.0 Å². The molecule has 0 aliphatic carbocycles. The lowest BCUT2D eigenvalue weighted by Gasteiger charge is -2.19. The highest BCUT2D eigenvalue weighted by Gasteiger charge is 2.31. The van der Waals surface area contributed by atoms with Gasteiger partial charge in [0, 0.05) is 0 Å². The van der Waals surface area contributed by atoms with Crippen LogP contribution in [0.5, 0.6) is 5.75 Å². The zero-order valence-electron chi connectivity index (χ0n) is 11.9. The minimum Gasteiger partial charge on any atom is -0.491 e. The molecule has 0 amide bonds. The van der Waals surface area contributed by atoms with E-state index in [1.807, 2.05) is 0 Å². The first-order chi connectivity index (χ1) is 8.46. The van der Waals surface area contributed by atoms with Gasteiger partial charge < -0.3 is 9.47 Å². The second-order valence-corrected chi connectivity index (χ2v) is 6.07. The molecule has 0 bridgehead atoms. The number of benzene rings is 1. The number of rotatable bonds is 4. The maximum absolute atomic E-state index is 5.91. The van der Waals surface area contributed by atoms with Gasteiger partial charge in [-0.15, -0.1) is 0 Å². The standard InChI is InChI=1S/C16H24O2/c1-12(2)13-5-7-14(8-6-13)17-11-15-9-10-16(3,4)18-15/h5-8,12,15H,9-11H2,1-4H3. The van der Waals surface area contributed by atoms with E-state index in [1.54, 1.807) is 0 Å². The predicted molar refractivity (Wildman–Crippen MR) is 74.2 cm³/mol. The highest BCUT2D eigenvalue weighted by Crippen LogP contribution is 2.29. The monoisotopic (exact) mass is 248 g/mol. The lowest BCUT2D eigenvalue weighted by atomic mass is 10.0. The van der Waals surface area contributed by atoms with Crippen LogP contribution < -0.4 is 4.74 Å². The summed E-state index contributed by atoms with van der Waals surface area (Å²) in [4.78, 5) is 0. The molecule has 1 saturated heterocycles. The van der Waals surface area contributed by atoms with Gasteiger partial charge in [0.1, 0.15) is 12.4 Å². The Labute approximate surface area is 110 Å². The maximum Gasteiger partial charge on any atom is 0.119 e. The summed E-state index contributed by atoms with van der Waals surface area (Å²) in [6.07, 6.45) is 2.45. The third-order valence-corrected chi connectivity index (χ3v) is 3.54. The molecule has 0 spiro atoms. The first-order valence-electron chi connectivity index (χ1n) is 6.87. The lowest BCUT2D eigenvalue weighted by Crippen LogP contribution is -2.23. The van der Waals surface area contributed by atoms with E-state index in [0.717, 1.165) is 18.6 Å². The van der Waals surface area contributed by atoms with E-state index >= 15 is 0 Å². The fourth-order valence-corrected chi connectivity index (χ4v) is 2.33. The van der Waals surface area contributed by atoms with Crippen LogP contribution in [0.2, 0.25) is 0 Å². The normalized spacial score (nSPS) is 22.4. The van der Waals surface area contributed by atoms with E-state index in [9.17, 15) is 0 Å². The zero-order valence-corrected chi connectivity index (χ0v) is 11.9. The molecule has 1 aliphatic heterocycles. The summed E-state index contributed by atoms with van der Waals surface area (Å²) in [5, 5.41) is 0. The molecule has 1 aromatic carbocycles. The third-order valence-electron chi connectivity index (χ3n) is 3.54. The van der Waals surface area contributed by atoms with Gasteiger partial charge in [-0.3, -0.25) is 0 Å². The highest BCUT2D eigenvalue weighted by molar-refractivity contribution is 5.28. The number of hydrogen-bond donors (Lipinski definition) is 0. The summed E-state index contributed by atoms with van der Waals surface area (Å²) in [6, 6.07) is 8.38. The number of ether oxygens (including phenoxy) is 2. The Hall–Kier alpha value is -1.02. The minimum absolute atomic E-state index is 0.0233. The van der Waals surface area contributed by atoms with Crippen LogP contribution in [0.1, 0.15) is 52.0 Å². The molecule has 1 fully saturated rings. The Morgan fingerprint density at radius 3 is 2.44 bits per heavy atom. The molecule has 0 radical (unpaired) electrons. The summed E-state index contributed by atoms with van der Waals surface area (Å²) >= 11 is 0. The molecule has 2 nitrogen and oxygen atoms in total. The van der Waals surface area contributed by atoms with Crippen molar-refractivity contribution in [2.75, 3.05) is 6.61 Å². The largest absolute Gasteiger partial charge is 0.491 e. The molecule has 2 rings (SSSR count). The predicted octanol–water partition coefficient (Wildman–Crippen LogP) is 4.15. The van der Waals surface area contributed by atoms with E-state index in [0.29, 0.717) is 12.5 Å².